The highest BCUT2D eigenvalue weighted by Crippen LogP contribution is 2.33. The molecule has 0 spiro atoms. The van der Waals surface area contributed by atoms with Crippen molar-refractivity contribution in [3.63, 3.8) is 0 Å². The van der Waals surface area contributed by atoms with Gasteiger partial charge in [0.05, 0.1) is 6.42 Å². The number of rotatable bonds is 3. The molecule has 2 aliphatic heterocycles. The van der Waals surface area contributed by atoms with E-state index in [1.807, 2.05) is 35.2 Å². The molecular weight excluding hydrogens is 333 g/mol. The largest absolute Gasteiger partial charge is 0.454 e. The monoisotopic (exact) mass is 355 g/mol. The van der Waals surface area contributed by atoms with Crippen LogP contribution in [-0.4, -0.2) is 30.7 Å². The molecule has 4 nitrogen and oxygen atoms in total. The average Bonchev–Trinajstić information content (AvgIpc) is 2.97. The van der Waals surface area contributed by atoms with E-state index in [1.54, 1.807) is 0 Å². The van der Waals surface area contributed by atoms with Crippen LogP contribution in [-0.2, 0) is 11.2 Å². The fourth-order valence-corrected chi connectivity index (χ4v) is 3.71. The molecule has 1 fully saturated rings. The van der Waals surface area contributed by atoms with Crippen molar-refractivity contribution >= 4 is 5.91 Å². The maximum Gasteiger partial charge on any atom is 0.231 e. The number of ether oxygens (including phenoxy) is 2. The van der Waals surface area contributed by atoms with Crippen LogP contribution in [0.2, 0.25) is 0 Å². The van der Waals surface area contributed by atoms with Crippen molar-refractivity contribution in [3.8, 4) is 11.5 Å². The van der Waals surface area contributed by atoms with Gasteiger partial charge >= 0.3 is 0 Å². The molecule has 0 bridgehead atoms. The molecule has 1 amide bonds. The molecule has 2 aliphatic rings. The second-order valence-electron chi connectivity index (χ2n) is 6.95. The summed E-state index contributed by atoms with van der Waals surface area (Å²) < 4.78 is 23.9. The van der Waals surface area contributed by atoms with Gasteiger partial charge in [-0.25, -0.2) is 4.39 Å². The fraction of sp³-hybridized carbons (Fsp3) is 0.381. The molecule has 0 unspecified atom stereocenters. The van der Waals surface area contributed by atoms with Crippen LogP contribution in [0.3, 0.4) is 0 Å². The van der Waals surface area contributed by atoms with Crippen molar-refractivity contribution in [3.05, 3.63) is 59.4 Å². The first-order valence-electron chi connectivity index (χ1n) is 9.11. The zero-order chi connectivity index (χ0) is 17.9. The number of hydrogen-bond acceptors (Lipinski definition) is 3. The van der Waals surface area contributed by atoms with Gasteiger partial charge in [0.1, 0.15) is 5.82 Å². The number of amides is 1. The Labute approximate surface area is 152 Å². The summed E-state index contributed by atoms with van der Waals surface area (Å²) in [6.45, 7) is 1.70. The Kier molecular flexibility index (Phi) is 4.78. The van der Waals surface area contributed by atoms with Gasteiger partial charge in [-0.2, -0.15) is 0 Å². The predicted octanol–water partition coefficient (Wildman–Crippen LogP) is 3.89. The molecule has 0 aromatic heterocycles. The summed E-state index contributed by atoms with van der Waals surface area (Å²) in [7, 11) is 0. The summed E-state index contributed by atoms with van der Waals surface area (Å²) in [4.78, 5) is 14.8. The lowest BCUT2D eigenvalue weighted by Crippen LogP contribution is -2.35. The third-order valence-corrected chi connectivity index (χ3v) is 5.16. The van der Waals surface area contributed by atoms with Gasteiger partial charge in [0, 0.05) is 19.0 Å². The number of fused-ring (bicyclic) bond motifs is 1. The minimum Gasteiger partial charge on any atom is -0.454 e. The molecular formula is C21H22FNO3. The van der Waals surface area contributed by atoms with Gasteiger partial charge in [-0.15, -0.1) is 0 Å². The van der Waals surface area contributed by atoms with E-state index in [-0.39, 0.29) is 24.4 Å². The van der Waals surface area contributed by atoms with E-state index in [0.717, 1.165) is 42.7 Å². The topological polar surface area (TPSA) is 38.8 Å². The van der Waals surface area contributed by atoms with Gasteiger partial charge in [-0.1, -0.05) is 24.6 Å². The van der Waals surface area contributed by atoms with Crippen LogP contribution >= 0.6 is 0 Å². The lowest BCUT2D eigenvalue weighted by Gasteiger charge is -2.25. The molecule has 136 valence electrons. The Bertz CT molecular complexity index is 790. The smallest absolute Gasteiger partial charge is 0.231 e. The zero-order valence-electron chi connectivity index (χ0n) is 14.6. The summed E-state index contributed by atoms with van der Waals surface area (Å²) in [5.74, 6) is 1.59. The van der Waals surface area contributed by atoms with E-state index < -0.39 is 0 Å². The minimum atomic E-state index is -0.224. The molecule has 0 saturated carbocycles. The highest BCUT2D eigenvalue weighted by atomic mass is 19.1. The lowest BCUT2D eigenvalue weighted by molar-refractivity contribution is -0.130. The van der Waals surface area contributed by atoms with E-state index in [9.17, 15) is 9.18 Å². The second-order valence-corrected chi connectivity index (χ2v) is 6.95. The normalized spacial score (nSPS) is 19.3. The average molecular weight is 355 g/mol. The highest BCUT2D eigenvalue weighted by Gasteiger charge is 2.24. The van der Waals surface area contributed by atoms with Gasteiger partial charge < -0.3 is 14.4 Å². The Morgan fingerprint density at radius 1 is 1.08 bits per heavy atom. The number of carbonyl (C=O) groups excluding carboxylic acids is 1. The number of halogens is 1. The molecule has 4 rings (SSSR count). The molecule has 2 aromatic rings. The van der Waals surface area contributed by atoms with Gasteiger partial charge in [0.25, 0.3) is 0 Å². The quantitative estimate of drug-likeness (QED) is 0.838. The first-order chi connectivity index (χ1) is 12.7. The van der Waals surface area contributed by atoms with Crippen LogP contribution in [0.15, 0.2) is 42.5 Å². The van der Waals surface area contributed by atoms with E-state index in [4.69, 9.17) is 9.47 Å². The van der Waals surface area contributed by atoms with E-state index in [2.05, 4.69) is 0 Å². The van der Waals surface area contributed by atoms with E-state index >= 15 is 0 Å². The van der Waals surface area contributed by atoms with Crippen LogP contribution in [0.1, 0.15) is 36.3 Å². The molecule has 1 saturated heterocycles. The molecule has 5 heteroatoms. The van der Waals surface area contributed by atoms with Gasteiger partial charge in [0.15, 0.2) is 11.5 Å². The maximum absolute atomic E-state index is 13.2. The number of likely N-dealkylation sites (tertiary alicyclic amines) is 1. The van der Waals surface area contributed by atoms with E-state index in [0.29, 0.717) is 18.7 Å². The number of benzene rings is 2. The molecule has 2 aromatic carbocycles. The highest BCUT2D eigenvalue weighted by molar-refractivity contribution is 5.79. The van der Waals surface area contributed by atoms with Crippen molar-refractivity contribution in [2.45, 2.75) is 31.6 Å². The number of carbonyl (C=O) groups is 1. The molecule has 2 heterocycles. The van der Waals surface area contributed by atoms with Gasteiger partial charge in [0.2, 0.25) is 12.7 Å². The Morgan fingerprint density at radius 3 is 2.73 bits per heavy atom. The number of hydrogen-bond donors (Lipinski definition) is 0. The van der Waals surface area contributed by atoms with Crippen molar-refractivity contribution in [2.75, 3.05) is 19.9 Å². The first kappa shape index (κ1) is 16.9. The standard InChI is InChI=1S/C21H22FNO3/c22-18-7-5-16(6-8-18)17-3-1-2-10-23(13-17)21(24)12-15-4-9-19-20(11-15)26-14-25-19/h4-9,11,17H,1-3,10,12-14H2/t17-/m1/s1. The molecule has 0 N–H and O–H groups in total. The van der Waals surface area contributed by atoms with Crippen molar-refractivity contribution in [1.82, 2.24) is 4.90 Å². The predicted molar refractivity (Wildman–Crippen MR) is 95.8 cm³/mol. The Morgan fingerprint density at radius 2 is 1.88 bits per heavy atom. The maximum atomic E-state index is 13.2. The molecule has 0 radical (unpaired) electrons. The molecule has 1 atom stereocenters. The number of nitrogens with zero attached hydrogens (tertiary/aromatic N) is 1. The summed E-state index contributed by atoms with van der Waals surface area (Å²) in [6, 6.07) is 12.3. The van der Waals surface area contributed by atoms with Crippen LogP contribution in [0, 0.1) is 5.82 Å². The van der Waals surface area contributed by atoms with Crippen molar-refractivity contribution < 1.29 is 18.7 Å². The summed E-state index contributed by atoms with van der Waals surface area (Å²) in [5, 5.41) is 0. The van der Waals surface area contributed by atoms with Crippen LogP contribution in [0.5, 0.6) is 11.5 Å². The summed E-state index contributed by atoms with van der Waals surface area (Å²) in [6.07, 6.45) is 3.46. The van der Waals surface area contributed by atoms with Crippen LogP contribution in [0.4, 0.5) is 4.39 Å². The Balaban J connectivity index is 1.45. The van der Waals surface area contributed by atoms with Crippen LogP contribution in [0.25, 0.3) is 0 Å². The van der Waals surface area contributed by atoms with Crippen molar-refractivity contribution in [2.24, 2.45) is 0 Å². The van der Waals surface area contributed by atoms with Gasteiger partial charge in [-0.3, -0.25) is 4.79 Å². The third-order valence-electron chi connectivity index (χ3n) is 5.16. The minimum absolute atomic E-state index is 0.123. The molecule has 0 aliphatic carbocycles. The SMILES string of the molecule is O=C(Cc1ccc2c(c1)OCO2)N1CCCC[C@@H](c2ccc(F)cc2)C1. The van der Waals surface area contributed by atoms with Gasteiger partial charge in [-0.05, 0) is 48.2 Å². The third kappa shape index (κ3) is 3.66. The first-order valence-corrected chi connectivity index (χ1v) is 9.11. The molecule has 26 heavy (non-hydrogen) atoms. The second kappa shape index (κ2) is 7.36. The fourth-order valence-electron chi connectivity index (χ4n) is 3.71. The van der Waals surface area contributed by atoms with E-state index in [1.165, 1.54) is 12.1 Å². The lowest BCUT2D eigenvalue weighted by atomic mass is 9.94. The summed E-state index contributed by atoms with van der Waals surface area (Å²) in [5.41, 5.74) is 2.04. The van der Waals surface area contributed by atoms with Crippen LogP contribution < -0.4 is 9.47 Å². The van der Waals surface area contributed by atoms with Crippen molar-refractivity contribution in [1.29, 1.82) is 0 Å². The Hall–Kier alpha value is -2.56. The summed E-state index contributed by atoms with van der Waals surface area (Å²) >= 11 is 0. The zero-order valence-corrected chi connectivity index (χ0v) is 14.6.